The van der Waals surface area contributed by atoms with Crippen LogP contribution in [-0.4, -0.2) is 40.8 Å². The van der Waals surface area contributed by atoms with Gasteiger partial charge in [-0.15, -0.1) is 0 Å². The van der Waals surface area contributed by atoms with Crippen molar-refractivity contribution in [1.29, 1.82) is 0 Å². The van der Waals surface area contributed by atoms with Crippen molar-refractivity contribution in [2.75, 3.05) is 6.54 Å². The Balaban J connectivity index is 1.79. The van der Waals surface area contributed by atoms with Crippen LogP contribution < -0.4 is 5.43 Å². The molecule has 1 atom stereocenters. The van der Waals surface area contributed by atoms with Gasteiger partial charge in [0, 0.05) is 24.9 Å². The van der Waals surface area contributed by atoms with Gasteiger partial charge in [0.15, 0.2) is 5.78 Å². The zero-order chi connectivity index (χ0) is 17.3. The van der Waals surface area contributed by atoms with Crippen molar-refractivity contribution < 1.29 is 14.4 Å². The molecule has 1 unspecified atom stereocenters. The molecule has 1 fully saturated rings. The van der Waals surface area contributed by atoms with Crippen LogP contribution >= 0.6 is 0 Å². The van der Waals surface area contributed by atoms with Crippen molar-refractivity contribution >= 4 is 23.3 Å². The third-order valence-electron chi connectivity index (χ3n) is 4.76. The highest BCUT2D eigenvalue weighted by Gasteiger charge is 2.36. The van der Waals surface area contributed by atoms with Gasteiger partial charge in [-0.05, 0) is 43.9 Å². The van der Waals surface area contributed by atoms with Crippen molar-refractivity contribution in [3.63, 3.8) is 0 Å². The molecule has 6 heteroatoms. The molecular weight excluding hydrogens is 306 g/mol. The number of ketones is 1. The molecule has 1 aromatic carbocycles. The van der Waals surface area contributed by atoms with Gasteiger partial charge in [0.05, 0.1) is 6.04 Å². The molecule has 1 saturated heterocycles. The zero-order valence-electron chi connectivity index (χ0n) is 14.0. The average molecular weight is 327 g/mol. The lowest BCUT2D eigenvalue weighted by Gasteiger charge is -2.25. The van der Waals surface area contributed by atoms with Crippen molar-refractivity contribution in [3.8, 4) is 0 Å². The van der Waals surface area contributed by atoms with Crippen molar-refractivity contribution in [2.24, 2.45) is 5.10 Å². The fourth-order valence-corrected chi connectivity index (χ4v) is 3.16. The fraction of sp³-hybridized carbons (Fsp3) is 0.444. The highest BCUT2D eigenvalue weighted by Crippen LogP contribution is 2.23. The van der Waals surface area contributed by atoms with Gasteiger partial charge in [-0.1, -0.05) is 12.1 Å². The minimum atomic E-state index is -0.445. The summed E-state index contributed by atoms with van der Waals surface area (Å²) in [4.78, 5) is 38.3. The molecule has 1 aromatic rings. The van der Waals surface area contributed by atoms with E-state index in [1.807, 2.05) is 32.0 Å². The molecule has 0 aromatic heterocycles. The molecule has 0 radical (unpaired) electrons. The Morgan fingerprint density at radius 1 is 1.21 bits per heavy atom. The van der Waals surface area contributed by atoms with Gasteiger partial charge in [0.25, 0.3) is 5.91 Å². The van der Waals surface area contributed by atoms with Gasteiger partial charge in [0.2, 0.25) is 5.91 Å². The minimum Gasteiger partial charge on any atom is -0.327 e. The van der Waals surface area contributed by atoms with E-state index in [2.05, 4.69) is 10.5 Å². The van der Waals surface area contributed by atoms with Gasteiger partial charge in [0.1, 0.15) is 5.71 Å². The summed E-state index contributed by atoms with van der Waals surface area (Å²) in [7, 11) is 0. The topological polar surface area (TPSA) is 78.8 Å². The number of hydrogen-bond donors (Lipinski definition) is 1. The number of benzene rings is 1. The van der Waals surface area contributed by atoms with Crippen LogP contribution in [0.25, 0.3) is 0 Å². The number of aryl methyl sites for hydroxylation is 2. The summed E-state index contributed by atoms with van der Waals surface area (Å²) < 4.78 is 0. The summed E-state index contributed by atoms with van der Waals surface area (Å²) >= 11 is 0. The van der Waals surface area contributed by atoms with E-state index >= 15 is 0 Å². The van der Waals surface area contributed by atoms with E-state index in [9.17, 15) is 14.4 Å². The Hall–Kier alpha value is -2.50. The molecule has 24 heavy (non-hydrogen) atoms. The maximum atomic E-state index is 12.9. The molecule has 0 aliphatic carbocycles. The first kappa shape index (κ1) is 16.4. The summed E-state index contributed by atoms with van der Waals surface area (Å²) in [6, 6.07) is 5.20. The third kappa shape index (κ3) is 3.09. The van der Waals surface area contributed by atoms with Crippen LogP contribution in [0.3, 0.4) is 0 Å². The molecular formula is C18H21N3O3. The Morgan fingerprint density at radius 2 is 2.00 bits per heavy atom. The van der Waals surface area contributed by atoms with Crippen molar-refractivity contribution in [1.82, 2.24) is 10.3 Å². The Bertz CT molecular complexity index is 739. The molecule has 2 heterocycles. The number of carbonyl (C=O) groups is 3. The Labute approximate surface area is 140 Å². The predicted octanol–water partition coefficient (Wildman–Crippen LogP) is 1.74. The molecule has 0 bridgehead atoms. The molecule has 1 N–H and O–H groups in total. The molecule has 2 amide bonds. The summed E-state index contributed by atoms with van der Waals surface area (Å²) in [5.74, 6) is -0.449. The maximum absolute atomic E-state index is 12.9. The number of amides is 2. The van der Waals surface area contributed by atoms with E-state index in [0.29, 0.717) is 30.7 Å². The normalized spacial score (nSPS) is 20.6. The standard InChI is InChI=1S/C18H21N3O3/c1-11-5-6-13(10-12(11)2)17(23)15-4-3-9-21(15)18(24)14-7-8-16(22)20-19-14/h5-6,10,15H,3-4,7-9H2,1-2H3,(H,20,22). The lowest BCUT2D eigenvalue weighted by Crippen LogP contribution is -2.45. The summed E-state index contributed by atoms with van der Waals surface area (Å²) in [5, 5.41) is 3.86. The van der Waals surface area contributed by atoms with E-state index in [0.717, 1.165) is 17.5 Å². The quantitative estimate of drug-likeness (QED) is 0.859. The first-order valence-electron chi connectivity index (χ1n) is 8.25. The predicted molar refractivity (Wildman–Crippen MR) is 89.8 cm³/mol. The number of nitrogens with one attached hydrogen (secondary N) is 1. The van der Waals surface area contributed by atoms with E-state index in [1.54, 1.807) is 4.90 Å². The van der Waals surface area contributed by atoms with Crippen LogP contribution in [-0.2, 0) is 9.59 Å². The SMILES string of the molecule is Cc1ccc(C(=O)C2CCCN2C(=O)C2=NNC(=O)CC2)cc1C. The highest BCUT2D eigenvalue weighted by atomic mass is 16.2. The smallest absolute Gasteiger partial charge is 0.270 e. The van der Waals surface area contributed by atoms with Gasteiger partial charge >= 0.3 is 0 Å². The van der Waals surface area contributed by atoms with Crippen LogP contribution in [0.15, 0.2) is 23.3 Å². The minimum absolute atomic E-state index is 0.0237. The van der Waals surface area contributed by atoms with E-state index in [1.165, 1.54) is 0 Å². The zero-order valence-corrected chi connectivity index (χ0v) is 14.0. The third-order valence-corrected chi connectivity index (χ3v) is 4.76. The van der Waals surface area contributed by atoms with Crippen molar-refractivity contribution in [3.05, 3.63) is 34.9 Å². The van der Waals surface area contributed by atoms with Gasteiger partial charge in [-0.2, -0.15) is 5.10 Å². The first-order chi connectivity index (χ1) is 11.5. The van der Waals surface area contributed by atoms with Crippen LogP contribution in [0.5, 0.6) is 0 Å². The molecule has 6 nitrogen and oxygen atoms in total. The van der Waals surface area contributed by atoms with Crippen LogP contribution in [0.4, 0.5) is 0 Å². The fourth-order valence-electron chi connectivity index (χ4n) is 3.16. The second-order valence-corrected chi connectivity index (χ2v) is 6.41. The van der Waals surface area contributed by atoms with Gasteiger partial charge in [-0.3, -0.25) is 14.4 Å². The second-order valence-electron chi connectivity index (χ2n) is 6.41. The summed E-state index contributed by atoms with van der Waals surface area (Å²) in [5.41, 5.74) is 5.51. The van der Waals surface area contributed by atoms with Crippen LogP contribution in [0.1, 0.15) is 47.2 Å². The first-order valence-corrected chi connectivity index (χ1v) is 8.25. The molecule has 2 aliphatic rings. The Kier molecular flexibility index (Phi) is 4.46. The van der Waals surface area contributed by atoms with Crippen LogP contribution in [0, 0.1) is 13.8 Å². The van der Waals surface area contributed by atoms with Crippen molar-refractivity contribution in [2.45, 2.75) is 45.6 Å². The summed E-state index contributed by atoms with van der Waals surface area (Å²) in [6.07, 6.45) is 2.05. The lowest BCUT2D eigenvalue weighted by atomic mass is 9.98. The molecule has 3 rings (SSSR count). The maximum Gasteiger partial charge on any atom is 0.270 e. The number of Topliss-reactive ketones (excluding diaryl/α,β-unsaturated/α-hetero) is 1. The van der Waals surface area contributed by atoms with Gasteiger partial charge < -0.3 is 4.90 Å². The number of hydrogen-bond acceptors (Lipinski definition) is 4. The number of rotatable bonds is 3. The van der Waals surface area contributed by atoms with E-state index < -0.39 is 6.04 Å². The number of nitrogens with zero attached hydrogens (tertiary/aromatic N) is 2. The largest absolute Gasteiger partial charge is 0.327 e. The summed E-state index contributed by atoms with van der Waals surface area (Å²) in [6.45, 7) is 4.53. The van der Waals surface area contributed by atoms with E-state index in [-0.39, 0.29) is 24.0 Å². The molecule has 0 saturated carbocycles. The Morgan fingerprint density at radius 3 is 2.67 bits per heavy atom. The van der Waals surface area contributed by atoms with Crippen LogP contribution in [0.2, 0.25) is 0 Å². The highest BCUT2D eigenvalue weighted by molar-refractivity contribution is 6.40. The number of likely N-dealkylation sites (tertiary alicyclic amines) is 1. The second kappa shape index (κ2) is 6.55. The molecule has 0 spiro atoms. The average Bonchev–Trinajstić information content (AvgIpc) is 3.06. The number of hydrazone groups is 1. The van der Waals surface area contributed by atoms with Gasteiger partial charge in [-0.25, -0.2) is 5.43 Å². The van der Waals surface area contributed by atoms with E-state index in [4.69, 9.17) is 0 Å². The number of carbonyl (C=O) groups excluding carboxylic acids is 3. The monoisotopic (exact) mass is 327 g/mol. The lowest BCUT2D eigenvalue weighted by molar-refractivity contribution is -0.124. The molecule has 2 aliphatic heterocycles. The molecule has 126 valence electrons.